The van der Waals surface area contributed by atoms with Crippen molar-refractivity contribution >= 4 is 5.95 Å². The van der Waals surface area contributed by atoms with Crippen LogP contribution in [0.2, 0.25) is 0 Å². The van der Waals surface area contributed by atoms with Crippen molar-refractivity contribution in [3.05, 3.63) is 11.4 Å². The summed E-state index contributed by atoms with van der Waals surface area (Å²) in [4.78, 5) is 4.05. The number of rotatable bonds is 5. The molecule has 0 amide bonds. The molecule has 0 radical (unpaired) electrons. The van der Waals surface area contributed by atoms with Crippen molar-refractivity contribution in [2.24, 2.45) is 0 Å². The maximum Gasteiger partial charge on any atom is 0.416 e. The molecule has 0 aliphatic carbocycles. The lowest BCUT2D eigenvalue weighted by molar-refractivity contribution is -0.198. The van der Waals surface area contributed by atoms with Crippen LogP contribution in [0.5, 0.6) is 0 Å². The summed E-state index contributed by atoms with van der Waals surface area (Å²) >= 11 is 0. The maximum atomic E-state index is 12.1. The fourth-order valence-electron chi connectivity index (χ4n) is 1.32. The molecule has 1 heterocycles. The van der Waals surface area contributed by atoms with E-state index in [1.54, 1.807) is 0 Å². The number of nitrogens with one attached hydrogen (secondary N) is 1. The van der Waals surface area contributed by atoms with E-state index in [0.29, 0.717) is 18.5 Å². The van der Waals surface area contributed by atoms with E-state index in [4.69, 9.17) is 5.11 Å². The number of nitrogens with zero attached hydrogens (tertiary/aromatic N) is 3. The molecule has 1 unspecified atom stereocenters. The molecule has 0 aliphatic rings. The van der Waals surface area contributed by atoms with Gasteiger partial charge in [0.1, 0.15) is 0 Å². The van der Waals surface area contributed by atoms with Crippen molar-refractivity contribution in [2.75, 3.05) is 11.9 Å². The van der Waals surface area contributed by atoms with Gasteiger partial charge in [-0.1, -0.05) is 13.8 Å². The minimum atomic E-state index is -4.66. The Labute approximate surface area is 102 Å². The first kappa shape index (κ1) is 14.6. The van der Waals surface area contributed by atoms with E-state index in [0.717, 1.165) is 5.69 Å². The first-order valence-corrected chi connectivity index (χ1v) is 5.59. The zero-order valence-corrected chi connectivity index (χ0v) is 10.1. The molecule has 18 heavy (non-hydrogen) atoms. The first-order chi connectivity index (χ1) is 8.38. The summed E-state index contributed by atoms with van der Waals surface area (Å²) in [6.07, 6.45) is -5.82. The van der Waals surface area contributed by atoms with Gasteiger partial charge in [-0.15, -0.1) is 5.10 Å². The van der Waals surface area contributed by atoms with Gasteiger partial charge in [0, 0.05) is 0 Å². The molecular weight excluding hydrogens is 249 g/mol. The molecule has 1 aromatic heterocycles. The number of hydrogen-bond donors (Lipinski definition) is 2. The quantitative estimate of drug-likeness (QED) is 0.839. The van der Waals surface area contributed by atoms with E-state index in [2.05, 4.69) is 20.5 Å². The summed E-state index contributed by atoms with van der Waals surface area (Å²) in [5, 5.41) is 18.7. The van der Waals surface area contributed by atoms with E-state index < -0.39 is 18.8 Å². The summed E-state index contributed by atoms with van der Waals surface area (Å²) in [6.45, 7) is 3.07. The first-order valence-electron chi connectivity index (χ1n) is 5.59. The molecule has 8 heteroatoms. The fraction of sp³-hybridized carbons (Fsp3) is 0.700. The Morgan fingerprint density at radius 3 is 2.28 bits per heavy atom. The molecule has 1 rings (SSSR count). The summed E-state index contributed by atoms with van der Waals surface area (Å²) in [5.74, 6) is -0.00708. The van der Waals surface area contributed by atoms with Crippen LogP contribution in [0.4, 0.5) is 19.1 Å². The second kappa shape index (κ2) is 5.94. The molecule has 102 valence electrons. The Bertz CT molecular complexity index is 397. The van der Waals surface area contributed by atoms with Crippen LogP contribution in [0.25, 0.3) is 0 Å². The fourth-order valence-corrected chi connectivity index (χ4v) is 1.32. The lowest BCUT2D eigenvalue weighted by atomic mass is 10.2. The van der Waals surface area contributed by atoms with Crippen molar-refractivity contribution in [3.8, 4) is 0 Å². The summed E-state index contributed by atoms with van der Waals surface area (Å²) in [6, 6.07) is 0. The SMILES string of the molecule is CCc1nnc(NCC(O)C(F)(F)F)nc1CC. The number of aromatic nitrogens is 3. The molecule has 0 aromatic carbocycles. The van der Waals surface area contributed by atoms with Crippen LogP contribution in [-0.2, 0) is 12.8 Å². The summed E-state index contributed by atoms with van der Waals surface area (Å²) < 4.78 is 36.2. The van der Waals surface area contributed by atoms with Crippen LogP contribution in [0.15, 0.2) is 0 Å². The van der Waals surface area contributed by atoms with Crippen LogP contribution in [0.1, 0.15) is 25.2 Å². The molecule has 0 fully saturated rings. The number of halogens is 3. The summed E-state index contributed by atoms with van der Waals surface area (Å²) in [5.41, 5.74) is 1.41. The van der Waals surface area contributed by atoms with Gasteiger partial charge in [-0.3, -0.25) is 0 Å². The Hall–Kier alpha value is -1.44. The van der Waals surface area contributed by atoms with Crippen LogP contribution in [0, 0.1) is 0 Å². The van der Waals surface area contributed by atoms with E-state index in [-0.39, 0.29) is 5.95 Å². The van der Waals surface area contributed by atoms with Gasteiger partial charge in [0.05, 0.1) is 17.9 Å². The minimum absolute atomic E-state index is 0.00708. The van der Waals surface area contributed by atoms with Crippen molar-refractivity contribution in [1.82, 2.24) is 15.2 Å². The summed E-state index contributed by atoms with van der Waals surface area (Å²) in [7, 11) is 0. The highest BCUT2D eigenvalue weighted by molar-refractivity contribution is 5.26. The second-order valence-electron chi connectivity index (χ2n) is 3.67. The predicted octanol–water partition coefficient (Wildman–Crippen LogP) is 1.33. The van der Waals surface area contributed by atoms with Gasteiger partial charge in [0.15, 0.2) is 6.10 Å². The molecule has 1 atom stereocenters. The molecular formula is C10H15F3N4O. The number of hydrogen-bond acceptors (Lipinski definition) is 5. The third-order valence-corrected chi connectivity index (χ3v) is 2.34. The van der Waals surface area contributed by atoms with Crippen LogP contribution >= 0.6 is 0 Å². The van der Waals surface area contributed by atoms with Crippen molar-refractivity contribution in [1.29, 1.82) is 0 Å². The minimum Gasteiger partial charge on any atom is -0.382 e. The van der Waals surface area contributed by atoms with Gasteiger partial charge in [-0.05, 0) is 12.8 Å². The molecule has 2 N–H and O–H groups in total. The zero-order valence-electron chi connectivity index (χ0n) is 10.1. The van der Waals surface area contributed by atoms with Crippen molar-refractivity contribution < 1.29 is 18.3 Å². The molecule has 1 aromatic rings. The van der Waals surface area contributed by atoms with Gasteiger partial charge in [0.2, 0.25) is 5.95 Å². The number of alkyl halides is 3. The maximum absolute atomic E-state index is 12.1. The van der Waals surface area contributed by atoms with Gasteiger partial charge >= 0.3 is 6.18 Å². The van der Waals surface area contributed by atoms with Crippen LogP contribution in [-0.4, -0.2) is 39.1 Å². The largest absolute Gasteiger partial charge is 0.416 e. The van der Waals surface area contributed by atoms with E-state index >= 15 is 0 Å². The van der Waals surface area contributed by atoms with Gasteiger partial charge in [0.25, 0.3) is 0 Å². The van der Waals surface area contributed by atoms with E-state index in [1.807, 2.05) is 13.8 Å². The molecule has 5 nitrogen and oxygen atoms in total. The normalized spacial score (nSPS) is 13.4. The average Bonchev–Trinajstić information content (AvgIpc) is 2.34. The Morgan fingerprint density at radius 2 is 1.78 bits per heavy atom. The third kappa shape index (κ3) is 3.80. The molecule has 0 bridgehead atoms. The van der Waals surface area contributed by atoms with Gasteiger partial charge in [-0.25, -0.2) is 4.98 Å². The average molecular weight is 264 g/mol. The highest BCUT2D eigenvalue weighted by Gasteiger charge is 2.38. The topological polar surface area (TPSA) is 70.9 Å². The Balaban J connectivity index is 2.69. The highest BCUT2D eigenvalue weighted by atomic mass is 19.4. The Kier molecular flexibility index (Phi) is 4.83. The third-order valence-electron chi connectivity index (χ3n) is 2.34. The van der Waals surface area contributed by atoms with Crippen molar-refractivity contribution in [2.45, 2.75) is 39.0 Å². The predicted molar refractivity (Wildman–Crippen MR) is 59.1 cm³/mol. The van der Waals surface area contributed by atoms with E-state index in [9.17, 15) is 13.2 Å². The van der Waals surface area contributed by atoms with Crippen LogP contribution < -0.4 is 5.32 Å². The van der Waals surface area contributed by atoms with Crippen LogP contribution in [0.3, 0.4) is 0 Å². The zero-order chi connectivity index (χ0) is 13.8. The van der Waals surface area contributed by atoms with Gasteiger partial charge < -0.3 is 10.4 Å². The smallest absolute Gasteiger partial charge is 0.382 e. The second-order valence-corrected chi connectivity index (χ2v) is 3.67. The number of anilines is 1. The number of aliphatic hydroxyl groups excluding tert-OH is 1. The molecule has 0 aliphatic heterocycles. The monoisotopic (exact) mass is 264 g/mol. The van der Waals surface area contributed by atoms with Gasteiger partial charge in [-0.2, -0.15) is 18.3 Å². The van der Waals surface area contributed by atoms with E-state index in [1.165, 1.54) is 0 Å². The van der Waals surface area contributed by atoms with Crippen molar-refractivity contribution in [3.63, 3.8) is 0 Å². The standard InChI is InChI=1S/C10H15F3N4O/c1-3-6-7(4-2)16-17-9(15-6)14-5-8(18)10(11,12)13/h8,18H,3-5H2,1-2H3,(H,14,15,17). The molecule has 0 spiro atoms. The lowest BCUT2D eigenvalue weighted by Gasteiger charge is -2.15. The number of aliphatic hydroxyl groups is 1. The Morgan fingerprint density at radius 1 is 1.17 bits per heavy atom. The highest BCUT2D eigenvalue weighted by Crippen LogP contribution is 2.20. The molecule has 0 saturated carbocycles. The number of aryl methyl sites for hydroxylation is 2. The molecule has 0 saturated heterocycles. The lowest BCUT2D eigenvalue weighted by Crippen LogP contribution is -2.35.